The Morgan fingerprint density at radius 3 is 2.60 bits per heavy atom. The fourth-order valence-electron chi connectivity index (χ4n) is 2.78. The highest BCUT2D eigenvalue weighted by Gasteiger charge is 2.32. The van der Waals surface area contributed by atoms with Crippen molar-refractivity contribution in [3.05, 3.63) is 68.8 Å². The molecule has 3 rings (SSSR count). The minimum Gasteiger partial charge on any atom is -0.448 e. The zero-order valence-corrected chi connectivity index (χ0v) is 13.7. The normalized spacial score (nSPS) is 15.9. The Morgan fingerprint density at radius 2 is 1.88 bits per heavy atom. The van der Waals surface area contributed by atoms with E-state index in [9.17, 15) is 19.7 Å². The van der Waals surface area contributed by atoms with Crippen LogP contribution in [0.4, 0.5) is 11.4 Å². The number of nitro benzene ring substituents is 1. The number of ether oxygens (including phenoxy) is 1. The molecule has 1 N–H and O–H groups in total. The Labute approximate surface area is 143 Å². The van der Waals surface area contributed by atoms with Crippen LogP contribution in [-0.2, 0) is 16.0 Å². The molecule has 0 radical (unpaired) electrons. The van der Waals surface area contributed by atoms with E-state index in [-0.39, 0.29) is 17.8 Å². The molecule has 0 spiro atoms. The molecule has 25 heavy (non-hydrogen) atoms. The van der Waals surface area contributed by atoms with Gasteiger partial charge in [-0.2, -0.15) is 0 Å². The molecule has 0 fully saturated rings. The molecule has 7 nitrogen and oxygen atoms in total. The van der Waals surface area contributed by atoms with Crippen LogP contribution in [0, 0.1) is 24.0 Å². The molecular weight excluding hydrogens is 324 g/mol. The van der Waals surface area contributed by atoms with Crippen molar-refractivity contribution in [2.24, 2.45) is 0 Å². The van der Waals surface area contributed by atoms with E-state index in [1.165, 1.54) is 12.1 Å². The van der Waals surface area contributed by atoms with Crippen LogP contribution in [0.25, 0.3) is 0 Å². The average Bonchev–Trinajstić information content (AvgIpc) is 2.55. The number of nitro groups is 1. The third kappa shape index (κ3) is 3.35. The number of esters is 1. The number of cyclic esters (lactones) is 1. The van der Waals surface area contributed by atoms with E-state index in [2.05, 4.69) is 5.32 Å². The average molecular weight is 340 g/mol. The van der Waals surface area contributed by atoms with Crippen molar-refractivity contribution in [3.8, 4) is 0 Å². The molecule has 1 atom stereocenters. The highest BCUT2D eigenvalue weighted by Crippen LogP contribution is 2.27. The third-order valence-electron chi connectivity index (χ3n) is 4.04. The van der Waals surface area contributed by atoms with Crippen molar-refractivity contribution >= 4 is 23.3 Å². The molecule has 2 aromatic carbocycles. The Bertz CT molecular complexity index is 891. The van der Waals surface area contributed by atoms with Gasteiger partial charge >= 0.3 is 5.97 Å². The van der Waals surface area contributed by atoms with Crippen molar-refractivity contribution < 1.29 is 19.2 Å². The maximum absolute atomic E-state index is 12.5. The van der Waals surface area contributed by atoms with E-state index in [4.69, 9.17) is 4.74 Å². The third-order valence-corrected chi connectivity index (χ3v) is 4.04. The van der Waals surface area contributed by atoms with Gasteiger partial charge in [0.05, 0.1) is 10.5 Å². The number of carbonyl (C=O) groups excluding carboxylic acids is 2. The van der Waals surface area contributed by atoms with Crippen LogP contribution in [0.2, 0.25) is 0 Å². The van der Waals surface area contributed by atoms with Gasteiger partial charge in [-0.3, -0.25) is 14.9 Å². The van der Waals surface area contributed by atoms with Crippen LogP contribution in [0.1, 0.15) is 27.0 Å². The number of rotatable bonds is 3. The van der Waals surface area contributed by atoms with Gasteiger partial charge < -0.3 is 10.1 Å². The van der Waals surface area contributed by atoms with Crippen molar-refractivity contribution in [2.75, 3.05) is 5.32 Å². The molecule has 0 saturated carbocycles. The largest absolute Gasteiger partial charge is 0.448 e. The summed E-state index contributed by atoms with van der Waals surface area (Å²) >= 11 is 0. The predicted molar refractivity (Wildman–Crippen MR) is 90.5 cm³/mol. The number of anilines is 1. The first kappa shape index (κ1) is 16.6. The fourth-order valence-corrected chi connectivity index (χ4v) is 2.78. The van der Waals surface area contributed by atoms with E-state index in [1.54, 1.807) is 25.1 Å². The molecule has 128 valence electrons. The molecule has 2 aromatic rings. The quantitative estimate of drug-likeness (QED) is 0.526. The molecule has 1 unspecified atom stereocenters. The van der Waals surface area contributed by atoms with Gasteiger partial charge in [0, 0.05) is 12.5 Å². The number of nitrogens with zero attached hydrogens (tertiary/aromatic N) is 1. The van der Waals surface area contributed by atoms with Gasteiger partial charge in [-0.1, -0.05) is 23.8 Å². The predicted octanol–water partition coefficient (Wildman–Crippen LogP) is 2.93. The Hall–Kier alpha value is -3.22. The van der Waals surface area contributed by atoms with E-state index in [1.807, 2.05) is 13.0 Å². The summed E-state index contributed by atoms with van der Waals surface area (Å²) in [5, 5.41) is 13.7. The number of aryl methyl sites for hydroxylation is 2. The summed E-state index contributed by atoms with van der Waals surface area (Å²) in [6, 6.07) is 9.82. The number of carbonyl (C=O) groups is 2. The summed E-state index contributed by atoms with van der Waals surface area (Å²) in [6.45, 7) is 3.62. The smallest absolute Gasteiger partial charge is 0.339 e. The molecule has 1 aliphatic rings. The molecule has 0 aromatic heterocycles. The van der Waals surface area contributed by atoms with Crippen molar-refractivity contribution in [1.29, 1.82) is 0 Å². The van der Waals surface area contributed by atoms with Crippen molar-refractivity contribution in [2.45, 2.75) is 26.4 Å². The van der Waals surface area contributed by atoms with Crippen molar-refractivity contribution in [3.63, 3.8) is 0 Å². The standard InChI is InChI=1S/C18H16N2O5/c1-10-3-5-13-12(7-10)9-16(25-18(13)22)17(21)19-14-6-4-11(2)8-15(14)20(23)24/h3-8,16H,9H2,1-2H3,(H,19,21). The number of nitrogens with one attached hydrogen (secondary N) is 1. The first-order valence-corrected chi connectivity index (χ1v) is 7.71. The Morgan fingerprint density at radius 1 is 1.20 bits per heavy atom. The SMILES string of the molecule is Cc1ccc2c(c1)CC(C(=O)Nc1ccc(C)cc1[N+](=O)[O-])OC2=O. The van der Waals surface area contributed by atoms with Crippen LogP contribution in [-0.4, -0.2) is 22.9 Å². The minimum absolute atomic E-state index is 0.0756. The summed E-state index contributed by atoms with van der Waals surface area (Å²) in [7, 11) is 0. The lowest BCUT2D eigenvalue weighted by atomic mass is 9.96. The van der Waals surface area contributed by atoms with E-state index >= 15 is 0 Å². The molecule has 1 amide bonds. The highest BCUT2D eigenvalue weighted by atomic mass is 16.6. The number of amides is 1. The second-order valence-electron chi connectivity index (χ2n) is 6.03. The van der Waals surface area contributed by atoms with Gasteiger partial charge in [0.1, 0.15) is 5.69 Å². The second-order valence-corrected chi connectivity index (χ2v) is 6.03. The van der Waals surface area contributed by atoms with Gasteiger partial charge in [0.2, 0.25) is 0 Å². The summed E-state index contributed by atoms with van der Waals surface area (Å²) in [6.07, 6.45) is -0.795. The van der Waals surface area contributed by atoms with Crippen LogP contribution < -0.4 is 5.32 Å². The highest BCUT2D eigenvalue weighted by molar-refractivity contribution is 6.01. The number of hydrogen-bond acceptors (Lipinski definition) is 5. The minimum atomic E-state index is -1.03. The van der Waals surface area contributed by atoms with Gasteiger partial charge in [-0.25, -0.2) is 4.79 Å². The van der Waals surface area contributed by atoms with Gasteiger partial charge in [-0.05, 0) is 37.1 Å². The van der Waals surface area contributed by atoms with E-state index in [0.717, 1.165) is 11.1 Å². The van der Waals surface area contributed by atoms with Crippen LogP contribution in [0.3, 0.4) is 0 Å². The van der Waals surface area contributed by atoms with Crippen LogP contribution in [0.15, 0.2) is 36.4 Å². The topological polar surface area (TPSA) is 98.5 Å². The lowest BCUT2D eigenvalue weighted by Crippen LogP contribution is -2.38. The molecule has 0 bridgehead atoms. The fraction of sp³-hybridized carbons (Fsp3) is 0.222. The Kier molecular flexibility index (Phi) is 4.22. The maximum atomic E-state index is 12.5. The molecule has 0 saturated heterocycles. The molecule has 1 heterocycles. The van der Waals surface area contributed by atoms with Gasteiger partial charge in [0.15, 0.2) is 6.10 Å². The van der Waals surface area contributed by atoms with Crippen molar-refractivity contribution in [1.82, 2.24) is 0 Å². The summed E-state index contributed by atoms with van der Waals surface area (Å²) in [5.41, 5.74) is 2.73. The Balaban J connectivity index is 1.83. The molecular formula is C18H16N2O5. The monoisotopic (exact) mass is 340 g/mol. The molecule has 7 heteroatoms. The number of hydrogen-bond donors (Lipinski definition) is 1. The van der Waals surface area contributed by atoms with Gasteiger partial charge in [0.25, 0.3) is 11.6 Å². The summed E-state index contributed by atoms with van der Waals surface area (Å²) in [5.74, 6) is -1.16. The first-order chi connectivity index (χ1) is 11.8. The number of benzene rings is 2. The molecule has 1 aliphatic heterocycles. The molecule has 0 aliphatic carbocycles. The lowest BCUT2D eigenvalue weighted by molar-refractivity contribution is -0.384. The summed E-state index contributed by atoms with van der Waals surface area (Å²) in [4.78, 5) is 35.1. The second kappa shape index (κ2) is 6.35. The zero-order valence-electron chi connectivity index (χ0n) is 13.7. The maximum Gasteiger partial charge on any atom is 0.339 e. The van der Waals surface area contributed by atoms with Crippen LogP contribution >= 0.6 is 0 Å². The zero-order chi connectivity index (χ0) is 18.1. The van der Waals surface area contributed by atoms with Gasteiger partial charge in [-0.15, -0.1) is 0 Å². The lowest BCUT2D eigenvalue weighted by Gasteiger charge is -2.24. The van der Waals surface area contributed by atoms with Crippen LogP contribution in [0.5, 0.6) is 0 Å². The van der Waals surface area contributed by atoms with E-state index < -0.39 is 22.9 Å². The first-order valence-electron chi connectivity index (χ1n) is 7.71. The summed E-state index contributed by atoms with van der Waals surface area (Å²) < 4.78 is 5.19. The van der Waals surface area contributed by atoms with E-state index in [0.29, 0.717) is 11.1 Å². The number of fused-ring (bicyclic) bond motifs is 1.